The Bertz CT molecular complexity index is 1140. The van der Waals surface area contributed by atoms with E-state index in [1.165, 1.54) is 5.56 Å². The van der Waals surface area contributed by atoms with Gasteiger partial charge in [0.1, 0.15) is 6.04 Å². The van der Waals surface area contributed by atoms with Crippen LogP contribution >= 0.6 is 0 Å². The van der Waals surface area contributed by atoms with Crippen LogP contribution in [0.1, 0.15) is 34.3 Å². The number of benzene rings is 3. The van der Waals surface area contributed by atoms with Crippen molar-refractivity contribution in [1.29, 1.82) is 0 Å². The summed E-state index contributed by atoms with van der Waals surface area (Å²) in [6, 6.07) is 19.2. The molecule has 5 nitrogen and oxygen atoms in total. The first kappa shape index (κ1) is 16.7. The van der Waals surface area contributed by atoms with Gasteiger partial charge in [0.15, 0.2) is 0 Å². The van der Waals surface area contributed by atoms with E-state index in [-0.39, 0.29) is 18.2 Å². The summed E-state index contributed by atoms with van der Waals surface area (Å²) in [5.74, 6) is -0.861. The summed E-state index contributed by atoms with van der Waals surface area (Å²) in [5.41, 5.74) is 3.72. The molecule has 0 aromatic heterocycles. The lowest BCUT2D eigenvalue weighted by atomic mass is 9.96. The van der Waals surface area contributed by atoms with Crippen LogP contribution in [0.15, 0.2) is 60.7 Å². The molecular formula is C23H18N2O3. The summed E-state index contributed by atoms with van der Waals surface area (Å²) in [6.45, 7) is 0. The number of anilines is 1. The van der Waals surface area contributed by atoms with E-state index in [9.17, 15) is 14.4 Å². The lowest BCUT2D eigenvalue weighted by Crippen LogP contribution is -2.53. The molecule has 0 bridgehead atoms. The number of carbonyl (C=O) groups is 3. The van der Waals surface area contributed by atoms with Crippen LogP contribution in [-0.4, -0.2) is 23.8 Å². The Balaban J connectivity index is 1.61. The van der Waals surface area contributed by atoms with E-state index >= 15 is 0 Å². The van der Waals surface area contributed by atoms with Crippen LogP contribution in [0.3, 0.4) is 0 Å². The average Bonchev–Trinajstić information content (AvgIpc) is 2.98. The Morgan fingerprint density at radius 1 is 0.929 bits per heavy atom. The van der Waals surface area contributed by atoms with Gasteiger partial charge in [0.2, 0.25) is 11.8 Å². The predicted molar refractivity (Wildman–Crippen MR) is 106 cm³/mol. The van der Waals surface area contributed by atoms with Crippen molar-refractivity contribution in [2.24, 2.45) is 0 Å². The van der Waals surface area contributed by atoms with Crippen LogP contribution in [0, 0.1) is 0 Å². The molecule has 2 aliphatic heterocycles. The van der Waals surface area contributed by atoms with Crippen molar-refractivity contribution in [3.8, 4) is 0 Å². The number of hydrogen-bond acceptors (Lipinski definition) is 3. The van der Waals surface area contributed by atoms with Crippen molar-refractivity contribution >= 4 is 34.2 Å². The average molecular weight is 370 g/mol. The lowest BCUT2D eigenvalue weighted by Gasteiger charge is -2.30. The van der Waals surface area contributed by atoms with Gasteiger partial charge >= 0.3 is 0 Å². The number of amides is 3. The van der Waals surface area contributed by atoms with E-state index in [1.54, 1.807) is 4.90 Å². The number of nitrogens with one attached hydrogen (secondary N) is 1. The third-order valence-corrected chi connectivity index (χ3v) is 5.58. The Kier molecular flexibility index (Phi) is 3.76. The molecule has 0 radical (unpaired) electrons. The van der Waals surface area contributed by atoms with Crippen LogP contribution < -0.4 is 10.2 Å². The second-order valence-corrected chi connectivity index (χ2v) is 7.28. The van der Waals surface area contributed by atoms with Gasteiger partial charge in [0.25, 0.3) is 5.91 Å². The van der Waals surface area contributed by atoms with Crippen molar-refractivity contribution in [2.75, 3.05) is 4.90 Å². The number of carbonyl (C=O) groups excluding carboxylic acids is 3. The maximum Gasteiger partial charge on any atom is 0.259 e. The van der Waals surface area contributed by atoms with Gasteiger partial charge in [0, 0.05) is 17.4 Å². The number of hydrogen-bond donors (Lipinski definition) is 1. The molecule has 1 atom stereocenters. The number of rotatable bonds is 3. The zero-order chi connectivity index (χ0) is 19.3. The maximum atomic E-state index is 13.1. The fourth-order valence-corrected chi connectivity index (χ4v) is 4.27. The van der Waals surface area contributed by atoms with Gasteiger partial charge in [-0.1, -0.05) is 48.5 Å². The van der Waals surface area contributed by atoms with Crippen molar-refractivity contribution in [1.82, 2.24) is 5.32 Å². The molecule has 138 valence electrons. The van der Waals surface area contributed by atoms with Crippen LogP contribution in [0.5, 0.6) is 0 Å². The van der Waals surface area contributed by atoms with Crippen LogP contribution in [0.2, 0.25) is 0 Å². The summed E-state index contributed by atoms with van der Waals surface area (Å²) in [5, 5.41) is 4.28. The van der Waals surface area contributed by atoms with E-state index in [1.807, 2.05) is 48.5 Å². The Hall–Kier alpha value is -3.47. The van der Waals surface area contributed by atoms with Gasteiger partial charge in [-0.15, -0.1) is 0 Å². The molecular weight excluding hydrogens is 352 g/mol. The summed E-state index contributed by atoms with van der Waals surface area (Å²) < 4.78 is 0. The molecule has 28 heavy (non-hydrogen) atoms. The minimum atomic E-state index is -0.652. The molecule has 1 fully saturated rings. The minimum Gasteiger partial charge on any atom is -0.295 e. The first-order valence-electron chi connectivity index (χ1n) is 9.39. The highest BCUT2D eigenvalue weighted by atomic mass is 16.2. The smallest absolute Gasteiger partial charge is 0.259 e. The molecule has 1 saturated heterocycles. The quantitative estimate of drug-likeness (QED) is 0.720. The van der Waals surface area contributed by atoms with Crippen molar-refractivity contribution in [3.05, 3.63) is 77.4 Å². The SMILES string of the molecule is O=C1CCC(N2C(=O)c3cccc4c(Cc5ccccc5)ccc2c34)C(=O)N1. The first-order chi connectivity index (χ1) is 13.6. The molecule has 1 unspecified atom stereocenters. The predicted octanol–water partition coefficient (Wildman–Crippen LogP) is 3.20. The Morgan fingerprint density at radius 3 is 2.54 bits per heavy atom. The summed E-state index contributed by atoms with van der Waals surface area (Å²) >= 11 is 0. The van der Waals surface area contributed by atoms with Gasteiger partial charge in [-0.2, -0.15) is 0 Å². The fraction of sp³-hybridized carbons (Fsp3) is 0.174. The zero-order valence-corrected chi connectivity index (χ0v) is 15.1. The molecule has 1 N–H and O–H groups in total. The topological polar surface area (TPSA) is 66.5 Å². The van der Waals surface area contributed by atoms with Gasteiger partial charge < -0.3 is 0 Å². The Labute approximate surface area is 162 Å². The highest BCUT2D eigenvalue weighted by Gasteiger charge is 2.40. The largest absolute Gasteiger partial charge is 0.295 e. The van der Waals surface area contributed by atoms with Gasteiger partial charge in [-0.25, -0.2) is 0 Å². The van der Waals surface area contributed by atoms with Crippen LogP contribution in [0.4, 0.5) is 5.69 Å². The maximum absolute atomic E-state index is 13.1. The third kappa shape index (κ3) is 2.51. The lowest BCUT2D eigenvalue weighted by molar-refractivity contribution is -0.134. The second-order valence-electron chi connectivity index (χ2n) is 7.28. The molecule has 0 aliphatic carbocycles. The van der Waals surface area contributed by atoms with Crippen molar-refractivity contribution < 1.29 is 14.4 Å². The van der Waals surface area contributed by atoms with Crippen LogP contribution in [0.25, 0.3) is 10.8 Å². The normalized spacial score (nSPS) is 18.6. The van der Waals surface area contributed by atoms with E-state index in [2.05, 4.69) is 17.4 Å². The fourth-order valence-electron chi connectivity index (χ4n) is 4.27. The monoisotopic (exact) mass is 370 g/mol. The van der Waals surface area contributed by atoms with Crippen molar-refractivity contribution in [3.63, 3.8) is 0 Å². The molecule has 0 saturated carbocycles. The molecule has 2 heterocycles. The van der Waals surface area contributed by atoms with Gasteiger partial charge in [-0.05, 0) is 41.5 Å². The Morgan fingerprint density at radius 2 is 1.75 bits per heavy atom. The van der Waals surface area contributed by atoms with E-state index in [4.69, 9.17) is 0 Å². The van der Waals surface area contributed by atoms with Gasteiger partial charge in [0.05, 0.1) is 5.69 Å². The van der Waals surface area contributed by atoms with Gasteiger partial charge in [-0.3, -0.25) is 24.6 Å². The van der Waals surface area contributed by atoms with E-state index in [0.717, 1.165) is 28.4 Å². The number of nitrogens with zero attached hydrogens (tertiary/aromatic N) is 1. The molecule has 3 aromatic carbocycles. The number of imide groups is 1. The zero-order valence-electron chi connectivity index (χ0n) is 15.1. The number of piperidine rings is 1. The highest BCUT2D eigenvalue weighted by Crippen LogP contribution is 2.41. The minimum absolute atomic E-state index is 0.174. The first-order valence-corrected chi connectivity index (χ1v) is 9.39. The molecule has 5 heteroatoms. The summed E-state index contributed by atoms with van der Waals surface area (Å²) in [4.78, 5) is 38.6. The highest BCUT2D eigenvalue weighted by molar-refractivity contribution is 6.27. The summed E-state index contributed by atoms with van der Waals surface area (Å²) in [7, 11) is 0. The molecule has 2 aliphatic rings. The van der Waals surface area contributed by atoms with E-state index < -0.39 is 11.9 Å². The molecule has 5 rings (SSSR count). The standard InChI is InChI=1S/C23H18N2O3/c26-20-12-11-19(22(27)24-20)25-18-10-9-15(13-14-5-2-1-3-6-14)16-7-4-8-17(21(16)18)23(25)28/h1-10,19H,11-13H2,(H,24,26,27). The summed E-state index contributed by atoms with van der Waals surface area (Å²) in [6.07, 6.45) is 1.36. The molecule has 3 aromatic rings. The van der Waals surface area contributed by atoms with E-state index in [0.29, 0.717) is 12.0 Å². The van der Waals surface area contributed by atoms with Crippen LogP contribution in [-0.2, 0) is 16.0 Å². The molecule has 3 amide bonds. The second kappa shape index (κ2) is 6.30. The third-order valence-electron chi connectivity index (χ3n) is 5.58. The molecule has 0 spiro atoms. The van der Waals surface area contributed by atoms with Crippen molar-refractivity contribution in [2.45, 2.75) is 25.3 Å².